The molecule has 0 spiro atoms. The maximum absolute atomic E-state index is 13.0. The van der Waals surface area contributed by atoms with Crippen LogP contribution in [0.3, 0.4) is 0 Å². The number of rotatable bonds is 10. The average molecular weight is 570 g/mol. The Balaban J connectivity index is 1.96. The quantitative estimate of drug-likeness (QED) is 0.297. The third kappa shape index (κ3) is 5.85. The fourth-order valence-corrected chi connectivity index (χ4v) is 12.2. The van der Waals surface area contributed by atoms with Gasteiger partial charge in [0.15, 0.2) is 0 Å². The monoisotopic (exact) mass is 570 g/mol. The van der Waals surface area contributed by atoms with Gasteiger partial charge in [-0.3, -0.25) is 0 Å². The first kappa shape index (κ1) is 28.4. The van der Waals surface area contributed by atoms with Gasteiger partial charge in [-0.25, -0.2) is 0 Å². The van der Waals surface area contributed by atoms with E-state index in [1.54, 1.807) is 0 Å². The molecule has 3 rings (SSSR count). The second kappa shape index (κ2) is 11.9. The Hall–Kier alpha value is -2.21. The van der Waals surface area contributed by atoms with Gasteiger partial charge in [0.05, 0.1) is 0 Å². The minimum atomic E-state index is -2.75. The van der Waals surface area contributed by atoms with Crippen LogP contribution in [0.4, 0.5) is 0 Å². The molecular formula is C30H38O4SeSi. The molecule has 6 heteroatoms. The molecule has 0 radical (unpaired) electrons. The van der Waals surface area contributed by atoms with Crippen molar-refractivity contribution in [1.29, 1.82) is 0 Å². The fourth-order valence-electron chi connectivity index (χ4n) is 4.81. The van der Waals surface area contributed by atoms with E-state index < -0.39 is 24.7 Å². The third-order valence-electron chi connectivity index (χ3n) is 6.75. The van der Waals surface area contributed by atoms with Crippen LogP contribution in [0.2, 0.25) is 9.35 Å². The van der Waals surface area contributed by atoms with Crippen LogP contribution in [0.15, 0.2) is 91.0 Å². The molecule has 0 bridgehead atoms. The Morgan fingerprint density at radius 3 is 1.72 bits per heavy atom. The van der Waals surface area contributed by atoms with Crippen molar-refractivity contribution in [2.24, 2.45) is 5.92 Å². The van der Waals surface area contributed by atoms with Crippen molar-refractivity contribution in [3.05, 3.63) is 91.0 Å². The second-order valence-electron chi connectivity index (χ2n) is 10.4. The number of benzene rings is 3. The molecule has 3 aromatic carbocycles. The summed E-state index contributed by atoms with van der Waals surface area (Å²) in [5, 5.41) is 13.8. The van der Waals surface area contributed by atoms with Crippen LogP contribution in [0.25, 0.3) is 0 Å². The van der Waals surface area contributed by atoms with E-state index in [1.165, 1.54) is 17.5 Å². The third-order valence-corrected chi connectivity index (χ3v) is 14.6. The number of carbonyl (C=O) groups is 1. The number of aliphatic hydroxyl groups excluding tert-OH is 1. The number of carbonyl (C=O) groups excluding carboxylic acids is 1. The maximum atomic E-state index is 13.0. The number of hydrogen-bond acceptors (Lipinski definition) is 4. The average Bonchev–Trinajstić information content (AvgIpc) is 2.89. The van der Waals surface area contributed by atoms with Gasteiger partial charge >= 0.3 is 224 Å². The second-order valence-corrected chi connectivity index (χ2v) is 17.9. The van der Waals surface area contributed by atoms with E-state index in [2.05, 4.69) is 69.3 Å². The van der Waals surface area contributed by atoms with E-state index in [0.29, 0.717) is 6.61 Å². The molecule has 0 aliphatic carbocycles. The normalized spacial score (nSPS) is 15.5. The number of aliphatic hydroxyl groups is 1. The summed E-state index contributed by atoms with van der Waals surface area (Å²) >= 11 is -0.327. The van der Waals surface area contributed by atoms with E-state index in [-0.39, 0.29) is 25.9 Å². The van der Waals surface area contributed by atoms with E-state index in [0.717, 1.165) is 4.46 Å². The number of ether oxygens (including phenoxy) is 1. The SMILES string of the molecule is COC(=O)[C@](C)([Se]c1ccccc1)[C@H](O)[C@@H](C)CO[Si](c1ccccc1)(c1ccccc1)C(C)(C)C. The number of methoxy groups -OCH3 is 1. The molecular weight excluding hydrogens is 531 g/mol. The summed E-state index contributed by atoms with van der Waals surface area (Å²) in [6, 6.07) is 30.8. The standard InChI is InChI=1S/C30H38O4SeSi/c1-23(27(31)30(5,28(32)33-6)35-24-16-10-7-11-17-24)22-34-36(29(2,3)4,25-18-12-8-13-19-25)26-20-14-9-15-21-26/h7-21,23,27,31H,22H2,1-6H3/t23-,27+,30+/m0/s1. The topological polar surface area (TPSA) is 55.8 Å². The van der Waals surface area contributed by atoms with Gasteiger partial charge in [-0.05, 0) is 0 Å². The zero-order valence-corrected chi connectivity index (χ0v) is 24.8. The van der Waals surface area contributed by atoms with Crippen molar-refractivity contribution >= 4 is 44.1 Å². The van der Waals surface area contributed by atoms with E-state index in [1.807, 2.05) is 56.3 Å². The van der Waals surface area contributed by atoms with Gasteiger partial charge in [0, 0.05) is 0 Å². The molecule has 36 heavy (non-hydrogen) atoms. The molecule has 192 valence electrons. The van der Waals surface area contributed by atoms with Crippen molar-refractivity contribution in [2.45, 2.75) is 50.1 Å². The van der Waals surface area contributed by atoms with Crippen LogP contribution in [0, 0.1) is 5.92 Å². The van der Waals surface area contributed by atoms with Crippen LogP contribution < -0.4 is 14.8 Å². The summed E-state index contributed by atoms with van der Waals surface area (Å²) in [6.45, 7) is 10.8. The minimum absolute atomic E-state index is 0.167. The van der Waals surface area contributed by atoms with Gasteiger partial charge in [-0.2, -0.15) is 0 Å². The summed E-state index contributed by atoms with van der Waals surface area (Å²) in [7, 11) is -1.36. The van der Waals surface area contributed by atoms with Crippen LogP contribution in [0.5, 0.6) is 0 Å². The van der Waals surface area contributed by atoms with Crippen LogP contribution in [0.1, 0.15) is 34.6 Å². The molecule has 0 aliphatic heterocycles. The predicted molar refractivity (Wildman–Crippen MR) is 151 cm³/mol. The van der Waals surface area contributed by atoms with Crippen LogP contribution in [-0.2, 0) is 14.0 Å². The van der Waals surface area contributed by atoms with Gasteiger partial charge in [0.1, 0.15) is 0 Å². The molecule has 0 aromatic heterocycles. The van der Waals surface area contributed by atoms with Gasteiger partial charge in [0.25, 0.3) is 0 Å². The molecule has 0 amide bonds. The Morgan fingerprint density at radius 1 is 0.861 bits per heavy atom. The molecule has 3 atom stereocenters. The number of esters is 1. The van der Waals surface area contributed by atoms with Crippen molar-refractivity contribution in [3.8, 4) is 0 Å². The first-order valence-corrected chi connectivity index (χ1v) is 15.9. The Morgan fingerprint density at radius 2 is 1.31 bits per heavy atom. The van der Waals surface area contributed by atoms with E-state index in [4.69, 9.17) is 9.16 Å². The molecule has 0 aliphatic rings. The van der Waals surface area contributed by atoms with Crippen molar-refractivity contribution in [2.75, 3.05) is 13.7 Å². The van der Waals surface area contributed by atoms with Gasteiger partial charge < -0.3 is 0 Å². The zero-order valence-electron chi connectivity index (χ0n) is 22.1. The summed E-state index contributed by atoms with van der Waals surface area (Å²) in [6.07, 6.45) is -0.927. The van der Waals surface area contributed by atoms with Crippen LogP contribution >= 0.6 is 0 Å². The van der Waals surface area contributed by atoms with E-state index >= 15 is 0 Å². The summed E-state index contributed by atoms with van der Waals surface area (Å²) < 4.78 is 12.2. The van der Waals surface area contributed by atoms with Crippen molar-refractivity contribution in [1.82, 2.24) is 0 Å². The Kier molecular flexibility index (Phi) is 9.37. The zero-order chi connectivity index (χ0) is 26.4. The molecule has 1 N–H and O–H groups in total. The van der Waals surface area contributed by atoms with E-state index in [9.17, 15) is 9.90 Å². The Labute approximate surface area is 223 Å². The first-order valence-electron chi connectivity index (χ1n) is 12.3. The summed E-state index contributed by atoms with van der Waals surface area (Å²) in [5.41, 5.74) is 0. The van der Waals surface area contributed by atoms with Gasteiger partial charge in [0.2, 0.25) is 0 Å². The predicted octanol–water partition coefficient (Wildman–Crippen LogP) is 3.94. The van der Waals surface area contributed by atoms with Gasteiger partial charge in [-0.15, -0.1) is 0 Å². The molecule has 0 saturated carbocycles. The first-order chi connectivity index (χ1) is 17.1. The molecule has 0 saturated heterocycles. The van der Waals surface area contributed by atoms with Gasteiger partial charge in [-0.1, -0.05) is 0 Å². The molecule has 0 unspecified atom stereocenters. The van der Waals surface area contributed by atoms with Crippen LogP contribution in [-0.4, -0.2) is 54.2 Å². The molecule has 0 fully saturated rings. The van der Waals surface area contributed by atoms with Crippen molar-refractivity contribution < 1.29 is 19.1 Å². The molecule has 0 heterocycles. The molecule has 3 aromatic rings. The molecule has 4 nitrogen and oxygen atoms in total. The van der Waals surface area contributed by atoms with Crippen molar-refractivity contribution in [3.63, 3.8) is 0 Å². The number of hydrogen-bond donors (Lipinski definition) is 1. The Bertz CT molecular complexity index is 1060. The summed E-state index contributed by atoms with van der Waals surface area (Å²) in [4.78, 5) is 13.0. The fraction of sp³-hybridized carbons (Fsp3) is 0.367. The summed E-state index contributed by atoms with van der Waals surface area (Å²) in [5.74, 6) is -0.683.